The van der Waals surface area contributed by atoms with Gasteiger partial charge in [-0.15, -0.1) is 0 Å². The fourth-order valence-electron chi connectivity index (χ4n) is 6.83. The van der Waals surface area contributed by atoms with Gasteiger partial charge < -0.3 is 23.7 Å². The lowest BCUT2D eigenvalue weighted by atomic mass is 9.53. The van der Waals surface area contributed by atoms with Crippen LogP contribution in [0.1, 0.15) is 67.2 Å². The smallest absolute Gasteiger partial charge is 0.309 e. The number of ether oxygens (including phenoxy) is 5. The molecule has 1 saturated carbocycles. The van der Waals surface area contributed by atoms with E-state index < -0.39 is 71.1 Å². The number of carbonyl (C=O) groups excluding carboxylic acids is 4. The topological polar surface area (TPSA) is 118 Å². The van der Waals surface area contributed by atoms with E-state index in [0.717, 1.165) is 5.57 Å². The van der Waals surface area contributed by atoms with E-state index in [2.05, 4.69) is 0 Å². The van der Waals surface area contributed by atoms with Crippen LogP contribution in [0.4, 0.5) is 0 Å². The van der Waals surface area contributed by atoms with Crippen molar-refractivity contribution in [3.05, 3.63) is 11.6 Å². The molecule has 0 N–H and O–H groups in total. The van der Waals surface area contributed by atoms with Crippen molar-refractivity contribution in [1.82, 2.24) is 0 Å². The van der Waals surface area contributed by atoms with Crippen LogP contribution < -0.4 is 0 Å². The predicted molar refractivity (Wildman–Crippen MR) is 122 cm³/mol. The third-order valence-corrected chi connectivity index (χ3v) is 8.43. The molecule has 2 saturated heterocycles. The van der Waals surface area contributed by atoms with Gasteiger partial charge in [-0.1, -0.05) is 19.4 Å². The molecule has 2 aliphatic heterocycles. The summed E-state index contributed by atoms with van der Waals surface area (Å²) in [6, 6.07) is 0. The number of allylic oxidation sites excluding steroid dienone is 1. The first-order chi connectivity index (χ1) is 16.4. The summed E-state index contributed by atoms with van der Waals surface area (Å²) < 4.78 is 29.7. The highest BCUT2D eigenvalue weighted by Crippen LogP contribution is 2.61. The number of rotatable bonds is 3. The maximum absolute atomic E-state index is 12.7. The standard InChI is InChI=1S/C26H36O9/c1-13-7-8-19(32-15(3)27)25(6)20(33-16(4)28)9-10-26(12-31-26)23(25)22(34-17(5)29)21-14(2)24(30)35-18(21)11-13/h11,14,18-23H,7-10,12H2,1-6H3/b13-11-/t14?,18-,19-,20-,21?,22?,23+,25-,26-/m0/s1. The minimum Gasteiger partial charge on any atom is -0.462 e. The molecule has 9 atom stereocenters. The second-order valence-electron chi connectivity index (χ2n) is 10.8. The van der Waals surface area contributed by atoms with Gasteiger partial charge in [-0.25, -0.2) is 0 Å². The summed E-state index contributed by atoms with van der Waals surface area (Å²) in [5, 5.41) is 0. The molecule has 0 amide bonds. The summed E-state index contributed by atoms with van der Waals surface area (Å²) in [6.07, 6.45) is 1.50. The number of fused-ring (bicyclic) bond motifs is 3. The first-order valence-corrected chi connectivity index (χ1v) is 12.4. The van der Waals surface area contributed by atoms with Crippen molar-refractivity contribution in [2.75, 3.05) is 6.61 Å². The molecule has 2 heterocycles. The highest BCUT2D eigenvalue weighted by atomic mass is 16.6. The van der Waals surface area contributed by atoms with E-state index in [9.17, 15) is 19.2 Å². The molecule has 4 rings (SSSR count). The molecule has 2 aliphatic carbocycles. The second kappa shape index (κ2) is 9.22. The van der Waals surface area contributed by atoms with Crippen LogP contribution in [0, 0.1) is 23.2 Å². The van der Waals surface area contributed by atoms with E-state index in [0.29, 0.717) is 32.3 Å². The fraction of sp³-hybridized carbons (Fsp3) is 0.769. The van der Waals surface area contributed by atoms with E-state index >= 15 is 0 Å². The Morgan fingerprint density at radius 2 is 1.57 bits per heavy atom. The summed E-state index contributed by atoms with van der Waals surface area (Å²) in [7, 11) is 0. The average molecular weight is 493 g/mol. The normalized spacial score (nSPS) is 44.1. The summed E-state index contributed by atoms with van der Waals surface area (Å²) in [6.45, 7) is 10.2. The van der Waals surface area contributed by atoms with Crippen LogP contribution in [0.5, 0.6) is 0 Å². The first-order valence-electron chi connectivity index (χ1n) is 12.4. The zero-order valence-electron chi connectivity index (χ0n) is 21.3. The Morgan fingerprint density at radius 1 is 1.00 bits per heavy atom. The summed E-state index contributed by atoms with van der Waals surface area (Å²) in [5.41, 5.74) is -0.614. The number of hydrogen-bond donors (Lipinski definition) is 0. The number of carbonyl (C=O) groups is 4. The minimum absolute atomic E-state index is 0.350. The molecule has 9 heteroatoms. The van der Waals surface area contributed by atoms with E-state index in [1.54, 1.807) is 6.92 Å². The van der Waals surface area contributed by atoms with Crippen molar-refractivity contribution in [2.45, 2.75) is 97.2 Å². The zero-order valence-corrected chi connectivity index (χ0v) is 21.3. The van der Waals surface area contributed by atoms with Crippen LogP contribution in [0.2, 0.25) is 0 Å². The Morgan fingerprint density at radius 3 is 2.11 bits per heavy atom. The van der Waals surface area contributed by atoms with Crippen molar-refractivity contribution >= 4 is 23.9 Å². The number of esters is 4. The maximum Gasteiger partial charge on any atom is 0.309 e. The maximum atomic E-state index is 12.7. The van der Waals surface area contributed by atoms with Crippen molar-refractivity contribution < 1.29 is 42.9 Å². The van der Waals surface area contributed by atoms with Gasteiger partial charge in [0.2, 0.25) is 0 Å². The highest BCUT2D eigenvalue weighted by molar-refractivity contribution is 5.75. The lowest BCUT2D eigenvalue weighted by Gasteiger charge is -2.55. The van der Waals surface area contributed by atoms with Gasteiger partial charge in [0.15, 0.2) is 0 Å². The second-order valence-corrected chi connectivity index (χ2v) is 10.8. The van der Waals surface area contributed by atoms with Crippen LogP contribution >= 0.6 is 0 Å². The monoisotopic (exact) mass is 492 g/mol. The van der Waals surface area contributed by atoms with Crippen molar-refractivity contribution in [3.8, 4) is 0 Å². The molecular formula is C26H36O9. The minimum atomic E-state index is -0.945. The lowest BCUT2D eigenvalue weighted by molar-refractivity contribution is -0.219. The Kier molecular flexibility index (Phi) is 6.76. The van der Waals surface area contributed by atoms with Crippen LogP contribution in [0.3, 0.4) is 0 Å². The first kappa shape index (κ1) is 25.7. The molecule has 4 aliphatic rings. The third-order valence-electron chi connectivity index (χ3n) is 8.43. The average Bonchev–Trinajstić information content (AvgIpc) is 3.45. The van der Waals surface area contributed by atoms with Crippen LogP contribution in [0.25, 0.3) is 0 Å². The zero-order chi connectivity index (χ0) is 25.7. The molecule has 3 unspecified atom stereocenters. The Bertz CT molecular complexity index is 935. The Balaban J connectivity index is 1.94. The quantitative estimate of drug-likeness (QED) is 0.254. The molecule has 0 aromatic heterocycles. The van der Waals surface area contributed by atoms with Gasteiger partial charge in [0.05, 0.1) is 29.5 Å². The van der Waals surface area contributed by atoms with E-state index in [1.165, 1.54) is 20.8 Å². The van der Waals surface area contributed by atoms with Crippen LogP contribution in [0.15, 0.2) is 11.6 Å². The van der Waals surface area contributed by atoms with Crippen LogP contribution in [-0.2, 0) is 42.9 Å². The third kappa shape index (κ3) is 4.59. The molecule has 194 valence electrons. The van der Waals surface area contributed by atoms with Gasteiger partial charge in [-0.2, -0.15) is 0 Å². The van der Waals surface area contributed by atoms with Crippen molar-refractivity contribution in [2.24, 2.45) is 23.2 Å². The van der Waals surface area contributed by atoms with Gasteiger partial charge >= 0.3 is 23.9 Å². The van der Waals surface area contributed by atoms with Gasteiger partial charge in [-0.3, -0.25) is 19.2 Å². The Hall–Kier alpha value is -2.42. The SMILES string of the molecule is CC(=O)OC1C2C(C)C(=O)O[C@H]2/C=C(/C)CC[C@H](OC(C)=O)[C@@]2(C)[C@@H](OC(C)=O)CC[C@]3(CO3)[C@H]12. The van der Waals surface area contributed by atoms with Crippen molar-refractivity contribution in [1.29, 1.82) is 0 Å². The highest BCUT2D eigenvalue weighted by Gasteiger charge is 2.71. The molecular weight excluding hydrogens is 456 g/mol. The summed E-state index contributed by atoms with van der Waals surface area (Å²) >= 11 is 0. The Labute approximate surface area is 205 Å². The van der Waals surface area contributed by atoms with Crippen molar-refractivity contribution in [3.63, 3.8) is 0 Å². The molecule has 9 nitrogen and oxygen atoms in total. The van der Waals surface area contributed by atoms with E-state index in [-0.39, 0.29) is 5.97 Å². The van der Waals surface area contributed by atoms with Gasteiger partial charge in [0, 0.05) is 26.7 Å². The molecule has 35 heavy (non-hydrogen) atoms. The fourth-order valence-corrected chi connectivity index (χ4v) is 6.83. The molecule has 3 fully saturated rings. The largest absolute Gasteiger partial charge is 0.462 e. The predicted octanol–water partition coefficient (Wildman–Crippen LogP) is 2.88. The van der Waals surface area contributed by atoms with E-state index in [4.69, 9.17) is 23.7 Å². The molecule has 0 aromatic carbocycles. The molecule has 1 spiro atoms. The molecule has 0 bridgehead atoms. The van der Waals surface area contributed by atoms with Gasteiger partial charge in [0.25, 0.3) is 0 Å². The summed E-state index contributed by atoms with van der Waals surface area (Å²) in [4.78, 5) is 49.7. The van der Waals surface area contributed by atoms with Gasteiger partial charge in [-0.05, 0) is 38.7 Å². The molecule has 0 radical (unpaired) electrons. The van der Waals surface area contributed by atoms with Crippen LogP contribution in [-0.4, -0.2) is 60.5 Å². The molecule has 0 aromatic rings. The number of epoxide rings is 1. The number of hydrogen-bond acceptors (Lipinski definition) is 9. The van der Waals surface area contributed by atoms with E-state index in [1.807, 2.05) is 19.9 Å². The lowest BCUT2D eigenvalue weighted by Crippen LogP contribution is -2.64. The van der Waals surface area contributed by atoms with Gasteiger partial charge in [0.1, 0.15) is 24.4 Å². The summed E-state index contributed by atoms with van der Waals surface area (Å²) in [5.74, 6) is -3.23.